The molecule has 1 aliphatic rings. The number of carbonyl (C=O) groups excluding carboxylic acids is 1. The van der Waals surface area contributed by atoms with E-state index in [2.05, 4.69) is 0 Å². The predicted molar refractivity (Wildman–Crippen MR) is 67.3 cm³/mol. The molecule has 1 heterocycles. The Morgan fingerprint density at radius 3 is 2.81 bits per heavy atom. The lowest BCUT2D eigenvalue weighted by Crippen LogP contribution is -2.22. The average Bonchev–Trinajstić information content (AvgIpc) is 2.47. The quantitative estimate of drug-likeness (QED) is 0.567. The molecule has 1 aromatic carbocycles. The van der Waals surface area contributed by atoms with Gasteiger partial charge in [-0.25, -0.2) is 4.39 Å². The van der Waals surface area contributed by atoms with Crippen molar-refractivity contribution in [1.29, 1.82) is 0 Å². The van der Waals surface area contributed by atoms with Crippen LogP contribution in [-0.4, -0.2) is 22.2 Å². The van der Waals surface area contributed by atoms with Crippen LogP contribution in [0, 0.1) is 5.82 Å². The molecule has 82 valence electrons. The smallest absolute Gasteiger partial charge is 0.265 e. The van der Waals surface area contributed by atoms with Crippen molar-refractivity contribution in [2.75, 3.05) is 7.05 Å². The maximum absolute atomic E-state index is 12.9. The number of benzene rings is 1. The lowest BCUT2D eigenvalue weighted by atomic mass is 10.2. The van der Waals surface area contributed by atoms with Crippen molar-refractivity contribution in [3.63, 3.8) is 0 Å². The fraction of sp³-hybridized carbons (Fsp3) is 0.0909. The summed E-state index contributed by atoms with van der Waals surface area (Å²) < 4.78 is 13.5. The highest BCUT2D eigenvalue weighted by Gasteiger charge is 2.28. The molecule has 0 spiro atoms. The maximum Gasteiger partial charge on any atom is 0.265 e. The van der Waals surface area contributed by atoms with E-state index in [1.807, 2.05) is 0 Å². The molecule has 0 bridgehead atoms. The van der Waals surface area contributed by atoms with E-state index < -0.39 is 0 Å². The van der Waals surface area contributed by atoms with Gasteiger partial charge >= 0.3 is 0 Å². The van der Waals surface area contributed by atoms with E-state index >= 15 is 0 Å². The van der Waals surface area contributed by atoms with Crippen LogP contribution in [0.2, 0.25) is 0 Å². The molecule has 0 N–H and O–H groups in total. The second-order valence-corrected chi connectivity index (χ2v) is 4.97. The summed E-state index contributed by atoms with van der Waals surface area (Å²) in [4.78, 5) is 13.6. The fourth-order valence-electron chi connectivity index (χ4n) is 1.29. The molecule has 0 unspecified atom stereocenters. The van der Waals surface area contributed by atoms with Crippen molar-refractivity contribution >= 4 is 40.3 Å². The number of amides is 1. The molecule has 1 fully saturated rings. The van der Waals surface area contributed by atoms with E-state index in [1.54, 1.807) is 25.3 Å². The second kappa shape index (κ2) is 4.35. The number of likely N-dealkylation sites (N-methyl/N-ethyl adjacent to an activating group) is 1. The van der Waals surface area contributed by atoms with Gasteiger partial charge in [0.2, 0.25) is 0 Å². The summed E-state index contributed by atoms with van der Waals surface area (Å²) in [7, 11) is 1.63. The molecule has 1 aliphatic heterocycles. The SMILES string of the molecule is CN1C(=O)/C(=C\c2cccc(F)c2)SC1=S. The zero-order valence-electron chi connectivity index (χ0n) is 8.44. The van der Waals surface area contributed by atoms with Crippen molar-refractivity contribution in [3.05, 3.63) is 40.6 Å². The molecule has 2 rings (SSSR count). The molecule has 0 aromatic heterocycles. The van der Waals surface area contributed by atoms with E-state index in [9.17, 15) is 9.18 Å². The largest absolute Gasteiger partial charge is 0.296 e. The normalized spacial score (nSPS) is 18.6. The van der Waals surface area contributed by atoms with Gasteiger partial charge in [0, 0.05) is 7.05 Å². The number of carbonyl (C=O) groups is 1. The third-order valence-corrected chi connectivity index (χ3v) is 3.62. The first-order valence-electron chi connectivity index (χ1n) is 4.55. The number of rotatable bonds is 1. The minimum Gasteiger partial charge on any atom is -0.296 e. The zero-order chi connectivity index (χ0) is 11.7. The molecule has 2 nitrogen and oxygen atoms in total. The van der Waals surface area contributed by atoms with Crippen LogP contribution in [0.3, 0.4) is 0 Å². The van der Waals surface area contributed by atoms with Crippen molar-refractivity contribution in [3.8, 4) is 0 Å². The van der Waals surface area contributed by atoms with Gasteiger partial charge in [0.15, 0.2) is 0 Å². The van der Waals surface area contributed by atoms with Gasteiger partial charge in [-0.2, -0.15) is 0 Å². The van der Waals surface area contributed by atoms with Crippen LogP contribution in [0.1, 0.15) is 5.56 Å². The van der Waals surface area contributed by atoms with Crippen LogP contribution in [0.15, 0.2) is 29.2 Å². The Bertz CT molecular complexity index is 499. The summed E-state index contributed by atoms with van der Waals surface area (Å²) in [6.45, 7) is 0. The summed E-state index contributed by atoms with van der Waals surface area (Å²) in [6.07, 6.45) is 1.64. The van der Waals surface area contributed by atoms with E-state index in [1.165, 1.54) is 28.8 Å². The molecular weight excluding hydrogens is 245 g/mol. The fourth-order valence-corrected chi connectivity index (χ4v) is 2.47. The van der Waals surface area contributed by atoms with Gasteiger partial charge in [-0.05, 0) is 23.8 Å². The summed E-state index contributed by atoms with van der Waals surface area (Å²) in [6, 6.07) is 6.09. The van der Waals surface area contributed by atoms with E-state index in [4.69, 9.17) is 12.2 Å². The molecule has 0 radical (unpaired) electrons. The molecule has 0 saturated carbocycles. The van der Waals surface area contributed by atoms with Crippen molar-refractivity contribution in [2.45, 2.75) is 0 Å². The minimum absolute atomic E-state index is 0.140. The first kappa shape index (κ1) is 11.3. The monoisotopic (exact) mass is 253 g/mol. The number of thioether (sulfide) groups is 1. The number of hydrogen-bond acceptors (Lipinski definition) is 3. The van der Waals surface area contributed by atoms with Crippen molar-refractivity contribution in [2.24, 2.45) is 0 Å². The van der Waals surface area contributed by atoms with Crippen molar-refractivity contribution in [1.82, 2.24) is 4.90 Å². The van der Waals surface area contributed by atoms with Gasteiger partial charge in [-0.15, -0.1) is 0 Å². The van der Waals surface area contributed by atoms with Crippen LogP contribution in [0.4, 0.5) is 4.39 Å². The zero-order valence-corrected chi connectivity index (χ0v) is 10.1. The van der Waals surface area contributed by atoms with E-state index in [-0.39, 0.29) is 11.7 Å². The van der Waals surface area contributed by atoms with Gasteiger partial charge in [0.1, 0.15) is 10.1 Å². The number of hydrogen-bond donors (Lipinski definition) is 0. The van der Waals surface area contributed by atoms with Crippen LogP contribution in [-0.2, 0) is 4.79 Å². The molecule has 16 heavy (non-hydrogen) atoms. The average molecular weight is 253 g/mol. The van der Waals surface area contributed by atoms with Gasteiger partial charge < -0.3 is 0 Å². The van der Waals surface area contributed by atoms with E-state index in [0.717, 1.165) is 0 Å². The lowest BCUT2D eigenvalue weighted by Gasteiger charge is -2.03. The predicted octanol–water partition coefficient (Wildman–Crippen LogP) is 2.66. The molecule has 1 aromatic rings. The molecular formula is C11H8FNOS2. The topological polar surface area (TPSA) is 20.3 Å². The Labute approximate surface area is 102 Å². The van der Waals surface area contributed by atoms with Gasteiger partial charge in [-0.1, -0.05) is 36.1 Å². The molecule has 1 amide bonds. The van der Waals surface area contributed by atoms with Crippen LogP contribution in [0.5, 0.6) is 0 Å². The summed E-state index contributed by atoms with van der Waals surface area (Å²) >= 11 is 6.22. The molecule has 1 saturated heterocycles. The van der Waals surface area contributed by atoms with Crippen molar-refractivity contribution < 1.29 is 9.18 Å². The highest BCUT2D eigenvalue weighted by molar-refractivity contribution is 8.26. The Balaban J connectivity index is 2.33. The van der Waals surface area contributed by atoms with Crippen LogP contribution >= 0.6 is 24.0 Å². The van der Waals surface area contributed by atoms with Gasteiger partial charge in [-0.3, -0.25) is 9.69 Å². The Morgan fingerprint density at radius 1 is 1.50 bits per heavy atom. The number of thiocarbonyl (C=S) groups is 1. The first-order valence-corrected chi connectivity index (χ1v) is 5.77. The number of nitrogens with zero attached hydrogens (tertiary/aromatic N) is 1. The Morgan fingerprint density at radius 2 is 2.25 bits per heavy atom. The second-order valence-electron chi connectivity index (χ2n) is 3.30. The highest BCUT2D eigenvalue weighted by atomic mass is 32.2. The van der Waals surface area contributed by atoms with E-state index in [0.29, 0.717) is 14.8 Å². The van der Waals surface area contributed by atoms with Crippen LogP contribution in [0.25, 0.3) is 6.08 Å². The standard InChI is InChI=1S/C11H8FNOS2/c1-13-10(14)9(16-11(13)15)6-7-3-2-4-8(12)5-7/h2-6H,1H3/b9-6+. The third-order valence-electron chi connectivity index (χ3n) is 2.13. The molecule has 0 aliphatic carbocycles. The summed E-state index contributed by atoms with van der Waals surface area (Å²) in [5.74, 6) is -0.458. The third kappa shape index (κ3) is 2.15. The summed E-state index contributed by atoms with van der Waals surface area (Å²) in [5, 5.41) is 0. The highest BCUT2D eigenvalue weighted by Crippen LogP contribution is 2.31. The molecule has 0 atom stereocenters. The Hall–Kier alpha value is -1.20. The van der Waals surface area contributed by atoms with Gasteiger partial charge in [0.25, 0.3) is 5.91 Å². The minimum atomic E-state index is -0.319. The lowest BCUT2D eigenvalue weighted by molar-refractivity contribution is -0.121. The maximum atomic E-state index is 12.9. The first-order chi connectivity index (χ1) is 7.58. The van der Waals surface area contributed by atoms with Gasteiger partial charge in [0.05, 0.1) is 4.91 Å². The molecule has 5 heteroatoms. The number of halogens is 1. The summed E-state index contributed by atoms with van der Waals surface area (Å²) in [5.41, 5.74) is 0.661. The van der Waals surface area contributed by atoms with Crippen LogP contribution < -0.4 is 0 Å². The Kier molecular flexibility index (Phi) is 3.07.